The minimum Gasteiger partial charge on any atom is -0.493 e. The maximum absolute atomic E-state index is 5.35. The average molecular weight is 364 g/mol. The summed E-state index contributed by atoms with van der Waals surface area (Å²) in [5, 5.41) is 3.55. The quantitative estimate of drug-likeness (QED) is 0.799. The lowest BCUT2D eigenvalue weighted by atomic mass is 10.1. The van der Waals surface area contributed by atoms with E-state index in [2.05, 4.69) is 52.4 Å². The van der Waals surface area contributed by atoms with Crippen molar-refractivity contribution in [2.75, 3.05) is 14.2 Å². The third kappa shape index (κ3) is 4.75. The van der Waals surface area contributed by atoms with Gasteiger partial charge in [0, 0.05) is 17.1 Å². The predicted molar refractivity (Wildman–Crippen MR) is 93.7 cm³/mol. The van der Waals surface area contributed by atoms with Gasteiger partial charge in [-0.2, -0.15) is 0 Å². The van der Waals surface area contributed by atoms with Crippen molar-refractivity contribution in [3.05, 3.63) is 58.1 Å². The van der Waals surface area contributed by atoms with Crippen LogP contribution in [0.15, 0.2) is 46.9 Å². The Morgan fingerprint density at radius 1 is 1.00 bits per heavy atom. The molecule has 0 aliphatic heterocycles. The third-order valence-electron chi connectivity index (χ3n) is 3.53. The van der Waals surface area contributed by atoms with E-state index in [0.29, 0.717) is 6.04 Å². The zero-order valence-corrected chi connectivity index (χ0v) is 14.8. The monoisotopic (exact) mass is 363 g/mol. The van der Waals surface area contributed by atoms with Crippen molar-refractivity contribution in [1.29, 1.82) is 0 Å². The Balaban J connectivity index is 1.93. The number of ether oxygens (including phenoxy) is 2. The number of nitrogens with one attached hydrogen (secondary N) is 1. The molecule has 2 rings (SSSR count). The molecule has 3 nitrogen and oxygen atoms in total. The minimum absolute atomic E-state index is 0.372. The van der Waals surface area contributed by atoms with Crippen molar-refractivity contribution in [2.45, 2.75) is 25.9 Å². The van der Waals surface area contributed by atoms with Crippen LogP contribution in [0.3, 0.4) is 0 Å². The SMILES string of the molecule is COc1ccc(CC(C)NCc2cccc(Br)c2)cc1OC. The van der Waals surface area contributed by atoms with Gasteiger partial charge in [0.05, 0.1) is 14.2 Å². The fraction of sp³-hybridized carbons (Fsp3) is 0.333. The lowest BCUT2D eigenvalue weighted by Gasteiger charge is -2.15. The summed E-state index contributed by atoms with van der Waals surface area (Å²) in [5.74, 6) is 1.54. The summed E-state index contributed by atoms with van der Waals surface area (Å²) in [4.78, 5) is 0. The van der Waals surface area contributed by atoms with Gasteiger partial charge < -0.3 is 14.8 Å². The van der Waals surface area contributed by atoms with Gasteiger partial charge in [-0.05, 0) is 48.7 Å². The Hall–Kier alpha value is -1.52. The standard InChI is InChI=1S/C18H22BrNO2/c1-13(20-12-15-5-4-6-16(19)10-15)9-14-7-8-17(21-2)18(11-14)22-3/h4-8,10-11,13,20H,9,12H2,1-3H3. The molecule has 1 N–H and O–H groups in total. The van der Waals surface area contributed by atoms with Crippen LogP contribution in [-0.4, -0.2) is 20.3 Å². The first kappa shape index (κ1) is 16.8. The number of benzene rings is 2. The van der Waals surface area contributed by atoms with Gasteiger partial charge in [0.25, 0.3) is 0 Å². The number of rotatable bonds is 7. The Morgan fingerprint density at radius 2 is 1.77 bits per heavy atom. The van der Waals surface area contributed by atoms with Gasteiger partial charge in [-0.25, -0.2) is 0 Å². The second-order valence-electron chi connectivity index (χ2n) is 5.31. The van der Waals surface area contributed by atoms with Crippen molar-refractivity contribution in [1.82, 2.24) is 5.32 Å². The highest BCUT2D eigenvalue weighted by molar-refractivity contribution is 9.10. The molecule has 1 unspecified atom stereocenters. The second-order valence-corrected chi connectivity index (χ2v) is 6.22. The first-order chi connectivity index (χ1) is 10.6. The predicted octanol–water partition coefficient (Wildman–Crippen LogP) is 4.19. The Kier molecular flexibility index (Phi) is 6.28. The zero-order valence-electron chi connectivity index (χ0n) is 13.2. The van der Waals surface area contributed by atoms with Crippen molar-refractivity contribution in [2.24, 2.45) is 0 Å². The van der Waals surface area contributed by atoms with Crippen LogP contribution in [0.1, 0.15) is 18.1 Å². The maximum atomic E-state index is 5.35. The van der Waals surface area contributed by atoms with E-state index in [1.807, 2.05) is 18.2 Å². The summed E-state index contributed by atoms with van der Waals surface area (Å²) in [7, 11) is 3.32. The Morgan fingerprint density at radius 3 is 2.45 bits per heavy atom. The van der Waals surface area contributed by atoms with Crippen LogP contribution in [0.5, 0.6) is 11.5 Å². The molecule has 118 valence electrons. The summed E-state index contributed by atoms with van der Waals surface area (Å²) in [6, 6.07) is 14.8. The molecule has 0 bridgehead atoms. The molecule has 0 aliphatic rings. The van der Waals surface area contributed by atoms with Crippen LogP contribution in [0.25, 0.3) is 0 Å². The van der Waals surface area contributed by atoms with Crippen molar-refractivity contribution in [3.8, 4) is 11.5 Å². The van der Waals surface area contributed by atoms with Crippen LogP contribution in [0, 0.1) is 0 Å². The van der Waals surface area contributed by atoms with Gasteiger partial charge in [-0.3, -0.25) is 0 Å². The van der Waals surface area contributed by atoms with Crippen molar-refractivity contribution >= 4 is 15.9 Å². The first-order valence-electron chi connectivity index (χ1n) is 7.31. The molecule has 0 saturated carbocycles. The number of methoxy groups -OCH3 is 2. The second kappa shape index (κ2) is 8.20. The number of hydrogen-bond acceptors (Lipinski definition) is 3. The number of halogens is 1. The summed E-state index contributed by atoms with van der Waals surface area (Å²) >= 11 is 3.50. The Bertz CT molecular complexity index is 616. The van der Waals surface area contributed by atoms with E-state index in [1.165, 1.54) is 11.1 Å². The van der Waals surface area contributed by atoms with Gasteiger partial charge in [0.2, 0.25) is 0 Å². The molecule has 0 amide bonds. The van der Waals surface area contributed by atoms with E-state index in [-0.39, 0.29) is 0 Å². The van der Waals surface area contributed by atoms with Gasteiger partial charge in [0.1, 0.15) is 0 Å². The average Bonchev–Trinajstić information content (AvgIpc) is 2.53. The smallest absolute Gasteiger partial charge is 0.160 e. The lowest BCUT2D eigenvalue weighted by Crippen LogP contribution is -2.27. The molecular weight excluding hydrogens is 342 g/mol. The highest BCUT2D eigenvalue weighted by Gasteiger charge is 2.08. The van der Waals surface area contributed by atoms with Crippen molar-refractivity contribution in [3.63, 3.8) is 0 Å². The fourth-order valence-electron chi connectivity index (χ4n) is 2.37. The molecule has 0 fully saturated rings. The third-order valence-corrected chi connectivity index (χ3v) is 4.03. The summed E-state index contributed by atoms with van der Waals surface area (Å²) < 4.78 is 11.7. The molecule has 22 heavy (non-hydrogen) atoms. The maximum Gasteiger partial charge on any atom is 0.160 e. The molecule has 2 aromatic rings. The van der Waals surface area contributed by atoms with Gasteiger partial charge in [-0.15, -0.1) is 0 Å². The Labute approximate surface area is 140 Å². The molecule has 0 saturated heterocycles. The van der Waals surface area contributed by atoms with Crippen LogP contribution in [-0.2, 0) is 13.0 Å². The van der Waals surface area contributed by atoms with E-state index < -0.39 is 0 Å². The summed E-state index contributed by atoms with van der Waals surface area (Å²) in [6.45, 7) is 3.04. The van der Waals surface area contributed by atoms with Gasteiger partial charge in [-0.1, -0.05) is 34.1 Å². The van der Waals surface area contributed by atoms with E-state index >= 15 is 0 Å². The zero-order chi connectivity index (χ0) is 15.9. The molecule has 2 aromatic carbocycles. The van der Waals surface area contributed by atoms with Crippen LogP contribution < -0.4 is 14.8 Å². The van der Waals surface area contributed by atoms with E-state index in [1.54, 1.807) is 14.2 Å². The van der Waals surface area contributed by atoms with E-state index in [0.717, 1.165) is 28.9 Å². The van der Waals surface area contributed by atoms with E-state index in [4.69, 9.17) is 9.47 Å². The molecule has 0 aliphatic carbocycles. The van der Waals surface area contributed by atoms with Crippen LogP contribution in [0.4, 0.5) is 0 Å². The van der Waals surface area contributed by atoms with Crippen molar-refractivity contribution < 1.29 is 9.47 Å². The first-order valence-corrected chi connectivity index (χ1v) is 8.10. The fourth-order valence-corrected chi connectivity index (χ4v) is 2.82. The van der Waals surface area contributed by atoms with E-state index in [9.17, 15) is 0 Å². The van der Waals surface area contributed by atoms with Gasteiger partial charge in [0.15, 0.2) is 11.5 Å². The largest absolute Gasteiger partial charge is 0.493 e. The molecule has 0 heterocycles. The lowest BCUT2D eigenvalue weighted by molar-refractivity contribution is 0.354. The number of hydrogen-bond donors (Lipinski definition) is 1. The summed E-state index contributed by atoms with van der Waals surface area (Å²) in [6.07, 6.45) is 0.939. The highest BCUT2D eigenvalue weighted by Crippen LogP contribution is 2.28. The molecule has 4 heteroatoms. The molecule has 0 spiro atoms. The topological polar surface area (TPSA) is 30.5 Å². The van der Waals surface area contributed by atoms with Crippen LogP contribution >= 0.6 is 15.9 Å². The molecule has 0 aromatic heterocycles. The molecule has 1 atom stereocenters. The highest BCUT2D eigenvalue weighted by atomic mass is 79.9. The minimum atomic E-state index is 0.372. The van der Waals surface area contributed by atoms with Gasteiger partial charge >= 0.3 is 0 Å². The van der Waals surface area contributed by atoms with Crippen LogP contribution in [0.2, 0.25) is 0 Å². The normalized spacial score (nSPS) is 12.0. The molecule has 0 radical (unpaired) electrons. The molecular formula is C18H22BrNO2. The summed E-state index contributed by atoms with van der Waals surface area (Å²) in [5.41, 5.74) is 2.50.